The predicted octanol–water partition coefficient (Wildman–Crippen LogP) is 1.56. The first-order chi connectivity index (χ1) is 11.6. The molecule has 0 fully saturated rings. The number of hydrogen-bond donors (Lipinski definition) is 2. The molecule has 0 saturated heterocycles. The average Bonchev–Trinajstić information content (AvgIpc) is 2.60. The third kappa shape index (κ3) is 37.3. The summed E-state index contributed by atoms with van der Waals surface area (Å²) < 4.78 is 19.3. The van der Waals surface area contributed by atoms with Crippen LogP contribution in [0, 0.1) is 0 Å². The topological polar surface area (TPSA) is 94.5 Å². The predicted molar refractivity (Wildman–Crippen MR) is 94.0 cm³/mol. The molecule has 7 heteroatoms. The fourth-order valence-electron chi connectivity index (χ4n) is 1.03. The van der Waals surface area contributed by atoms with Crippen LogP contribution in [-0.2, 0) is 23.7 Å². The average molecular weight is 352 g/mol. The van der Waals surface area contributed by atoms with Gasteiger partial charge in [0.05, 0.1) is 46.2 Å². The molecule has 0 heterocycles. The van der Waals surface area contributed by atoms with Crippen LogP contribution >= 0.6 is 0 Å². The Kier molecular flexibility index (Phi) is 34.7. The molecular weight excluding hydrogens is 316 g/mol. The smallest absolute Gasteiger partial charge is 0.330 e. The zero-order valence-electron chi connectivity index (χ0n) is 15.5. The zero-order valence-corrected chi connectivity index (χ0v) is 15.5. The SMILES string of the molecule is C=CC(=O)OCCCC.CCOCC.OCCOCCOCCO. The monoisotopic (exact) mass is 352 g/mol. The number of carbonyl (C=O) groups is 1. The number of unbranched alkanes of at least 4 members (excludes halogenated alkanes) is 1. The molecule has 0 bridgehead atoms. The quantitative estimate of drug-likeness (QED) is 0.295. The van der Waals surface area contributed by atoms with Gasteiger partial charge >= 0.3 is 5.97 Å². The summed E-state index contributed by atoms with van der Waals surface area (Å²) in [5, 5.41) is 16.5. The van der Waals surface area contributed by atoms with Crippen LogP contribution in [0.5, 0.6) is 0 Å². The van der Waals surface area contributed by atoms with Gasteiger partial charge in [-0.05, 0) is 20.3 Å². The van der Waals surface area contributed by atoms with Gasteiger partial charge in [-0.3, -0.25) is 0 Å². The molecule has 0 unspecified atom stereocenters. The van der Waals surface area contributed by atoms with Gasteiger partial charge in [-0.1, -0.05) is 19.9 Å². The lowest BCUT2D eigenvalue weighted by Crippen LogP contribution is -2.09. The second kappa shape index (κ2) is 30.0. The van der Waals surface area contributed by atoms with Gasteiger partial charge in [-0.25, -0.2) is 4.79 Å². The number of ether oxygens (including phenoxy) is 4. The largest absolute Gasteiger partial charge is 0.463 e. The number of aliphatic hydroxyl groups excluding tert-OH is 2. The summed E-state index contributed by atoms with van der Waals surface area (Å²) in [5.41, 5.74) is 0. The third-order valence-electron chi connectivity index (χ3n) is 2.16. The van der Waals surface area contributed by atoms with Crippen LogP contribution in [0.25, 0.3) is 0 Å². The van der Waals surface area contributed by atoms with Gasteiger partial charge in [-0.2, -0.15) is 0 Å². The van der Waals surface area contributed by atoms with E-state index in [9.17, 15) is 4.79 Å². The summed E-state index contributed by atoms with van der Waals surface area (Å²) in [6.45, 7) is 13.2. The molecule has 7 nitrogen and oxygen atoms in total. The molecule has 146 valence electrons. The lowest BCUT2D eigenvalue weighted by molar-refractivity contribution is -0.137. The van der Waals surface area contributed by atoms with Crippen LogP contribution in [0.1, 0.15) is 33.6 Å². The van der Waals surface area contributed by atoms with E-state index in [1.54, 1.807) is 0 Å². The summed E-state index contributed by atoms with van der Waals surface area (Å²) in [4.78, 5) is 10.3. The molecule has 0 aromatic carbocycles. The molecule has 0 amide bonds. The van der Waals surface area contributed by atoms with Crippen molar-refractivity contribution in [3.05, 3.63) is 12.7 Å². The highest BCUT2D eigenvalue weighted by atomic mass is 16.5. The van der Waals surface area contributed by atoms with Gasteiger partial charge < -0.3 is 29.2 Å². The number of aliphatic hydroxyl groups is 2. The van der Waals surface area contributed by atoms with Crippen molar-refractivity contribution in [2.75, 3.05) is 59.5 Å². The Bertz CT molecular complexity index is 225. The summed E-state index contributed by atoms with van der Waals surface area (Å²) in [5.74, 6) is -0.330. The Hall–Kier alpha value is -0.990. The first kappa shape index (κ1) is 27.8. The highest BCUT2D eigenvalue weighted by Gasteiger charge is 1.91. The molecule has 2 N–H and O–H groups in total. The van der Waals surface area contributed by atoms with Gasteiger partial charge in [0.15, 0.2) is 0 Å². The number of hydrogen-bond acceptors (Lipinski definition) is 7. The maximum Gasteiger partial charge on any atom is 0.330 e. The molecule has 0 aromatic heterocycles. The van der Waals surface area contributed by atoms with Crippen molar-refractivity contribution in [3.63, 3.8) is 0 Å². The lowest BCUT2D eigenvalue weighted by atomic mass is 10.4. The zero-order chi connectivity index (χ0) is 18.9. The minimum absolute atomic E-state index is 0.0417. The summed E-state index contributed by atoms with van der Waals surface area (Å²) in [6, 6.07) is 0. The van der Waals surface area contributed by atoms with E-state index in [0.29, 0.717) is 33.0 Å². The number of esters is 1. The molecule has 0 rings (SSSR count). The van der Waals surface area contributed by atoms with Crippen LogP contribution < -0.4 is 0 Å². The summed E-state index contributed by atoms with van der Waals surface area (Å²) >= 11 is 0. The molecule has 24 heavy (non-hydrogen) atoms. The van der Waals surface area contributed by atoms with Crippen molar-refractivity contribution in [3.8, 4) is 0 Å². The van der Waals surface area contributed by atoms with Gasteiger partial charge in [0.1, 0.15) is 0 Å². The minimum Gasteiger partial charge on any atom is -0.463 e. The van der Waals surface area contributed by atoms with Crippen molar-refractivity contribution < 1.29 is 34.0 Å². The van der Waals surface area contributed by atoms with Crippen LogP contribution in [0.3, 0.4) is 0 Å². The molecule has 0 atom stereocenters. The maximum absolute atomic E-state index is 10.3. The van der Waals surface area contributed by atoms with E-state index in [1.807, 2.05) is 20.8 Å². The first-order valence-corrected chi connectivity index (χ1v) is 8.38. The second-order valence-electron chi connectivity index (χ2n) is 4.18. The molecule has 0 aliphatic carbocycles. The van der Waals surface area contributed by atoms with Crippen molar-refractivity contribution in [2.24, 2.45) is 0 Å². The van der Waals surface area contributed by atoms with E-state index in [4.69, 9.17) is 24.4 Å². The van der Waals surface area contributed by atoms with Gasteiger partial charge in [-0.15, -0.1) is 0 Å². The molecule has 0 aliphatic rings. The lowest BCUT2D eigenvalue weighted by Gasteiger charge is -2.01. The van der Waals surface area contributed by atoms with E-state index < -0.39 is 0 Å². The second-order valence-corrected chi connectivity index (χ2v) is 4.18. The Morgan fingerprint density at radius 3 is 1.67 bits per heavy atom. The standard InChI is InChI=1S/C7H12O2.C6H14O4.C4H10O/c1-3-5-6-9-7(8)4-2;7-1-3-9-5-6-10-4-2-8;1-3-5-4-2/h4H,2-3,5-6H2,1H3;7-8H,1-6H2;3-4H2,1-2H3. The summed E-state index contributed by atoms with van der Waals surface area (Å²) in [6.07, 6.45) is 3.15. The third-order valence-corrected chi connectivity index (χ3v) is 2.16. The van der Waals surface area contributed by atoms with E-state index >= 15 is 0 Å². The van der Waals surface area contributed by atoms with Crippen molar-refractivity contribution in [1.29, 1.82) is 0 Å². The van der Waals surface area contributed by atoms with E-state index in [0.717, 1.165) is 26.1 Å². The molecular formula is C17H36O7. The maximum atomic E-state index is 10.3. The van der Waals surface area contributed by atoms with E-state index in [2.05, 4.69) is 11.3 Å². The van der Waals surface area contributed by atoms with E-state index in [1.165, 1.54) is 6.08 Å². The van der Waals surface area contributed by atoms with Crippen molar-refractivity contribution in [2.45, 2.75) is 33.6 Å². The van der Waals surface area contributed by atoms with E-state index in [-0.39, 0.29) is 19.2 Å². The highest BCUT2D eigenvalue weighted by Crippen LogP contribution is 1.88. The normalized spacial score (nSPS) is 9.21. The molecule has 0 aliphatic heterocycles. The number of rotatable bonds is 13. The Morgan fingerprint density at radius 1 is 0.875 bits per heavy atom. The Morgan fingerprint density at radius 2 is 1.38 bits per heavy atom. The molecule has 0 saturated carbocycles. The fraction of sp³-hybridized carbons (Fsp3) is 0.824. The fourth-order valence-corrected chi connectivity index (χ4v) is 1.03. The van der Waals surface area contributed by atoms with Crippen LogP contribution in [0.2, 0.25) is 0 Å². The van der Waals surface area contributed by atoms with Crippen molar-refractivity contribution in [1.82, 2.24) is 0 Å². The first-order valence-electron chi connectivity index (χ1n) is 8.38. The van der Waals surface area contributed by atoms with Crippen molar-refractivity contribution >= 4 is 5.97 Å². The highest BCUT2D eigenvalue weighted by molar-refractivity contribution is 5.81. The Balaban J connectivity index is -0.000000291. The van der Waals surface area contributed by atoms with Gasteiger partial charge in [0, 0.05) is 19.3 Å². The van der Waals surface area contributed by atoms with Gasteiger partial charge in [0.2, 0.25) is 0 Å². The Labute approximate surface area is 146 Å². The molecule has 0 radical (unpaired) electrons. The summed E-state index contributed by atoms with van der Waals surface area (Å²) in [7, 11) is 0. The van der Waals surface area contributed by atoms with Crippen LogP contribution in [0.15, 0.2) is 12.7 Å². The minimum atomic E-state index is -0.330. The van der Waals surface area contributed by atoms with Crippen LogP contribution in [-0.4, -0.2) is 75.6 Å². The van der Waals surface area contributed by atoms with Crippen LogP contribution in [0.4, 0.5) is 0 Å². The molecule has 0 aromatic rings. The molecule has 0 spiro atoms. The van der Waals surface area contributed by atoms with Gasteiger partial charge in [0.25, 0.3) is 0 Å². The number of carbonyl (C=O) groups excluding carboxylic acids is 1.